The van der Waals surface area contributed by atoms with Crippen LogP contribution in [0, 0.1) is 0 Å². The number of amides is 1. The van der Waals surface area contributed by atoms with Crippen molar-refractivity contribution in [2.75, 3.05) is 13.1 Å². The van der Waals surface area contributed by atoms with E-state index in [1.54, 1.807) is 0 Å². The van der Waals surface area contributed by atoms with E-state index in [-0.39, 0.29) is 11.6 Å². The maximum atomic E-state index is 12.9. The summed E-state index contributed by atoms with van der Waals surface area (Å²) in [5.74, 6) is 0.215. The van der Waals surface area contributed by atoms with E-state index in [0.29, 0.717) is 6.42 Å². The molecule has 1 aliphatic rings. The second kappa shape index (κ2) is 31.3. The van der Waals surface area contributed by atoms with Crippen LogP contribution in [0.25, 0.3) is 0 Å². The van der Waals surface area contributed by atoms with Gasteiger partial charge >= 0.3 is 0 Å². The molecule has 0 radical (unpaired) electrons. The molecule has 45 heavy (non-hydrogen) atoms. The van der Waals surface area contributed by atoms with Gasteiger partial charge in [-0.3, -0.25) is 9.79 Å². The fourth-order valence-corrected chi connectivity index (χ4v) is 6.77. The minimum atomic E-state index is -0.297. The van der Waals surface area contributed by atoms with E-state index in [9.17, 15) is 4.79 Å². The molecule has 264 valence electrons. The lowest BCUT2D eigenvalue weighted by atomic mass is 9.99. The quantitative estimate of drug-likeness (QED) is 0.0568. The molecule has 0 spiro atoms. The van der Waals surface area contributed by atoms with Gasteiger partial charge in [-0.05, 0) is 51.9 Å². The van der Waals surface area contributed by atoms with E-state index in [2.05, 4.69) is 48.1 Å². The van der Waals surface area contributed by atoms with Crippen LogP contribution in [0.4, 0.5) is 0 Å². The molecule has 1 unspecified atom stereocenters. The van der Waals surface area contributed by atoms with Gasteiger partial charge in [0.2, 0.25) is 5.91 Å². The number of hydrogen-bond acceptors (Lipinski definition) is 3. The van der Waals surface area contributed by atoms with Gasteiger partial charge in [0.05, 0.1) is 12.9 Å². The number of nitrogens with zero attached hydrogens (tertiary/aromatic N) is 2. The summed E-state index contributed by atoms with van der Waals surface area (Å²) in [5.41, 5.74) is -0.297. The van der Waals surface area contributed by atoms with Gasteiger partial charge in [0, 0.05) is 13.0 Å². The first kappa shape index (κ1) is 41.7. The second-order valence-corrected chi connectivity index (χ2v) is 14.4. The molecule has 1 atom stereocenters. The summed E-state index contributed by atoms with van der Waals surface area (Å²) < 4.78 is 0. The largest absolute Gasteiger partial charge is 0.338 e. The Morgan fingerprint density at radius 2 is 1.02 bits per heavy atom. The summed E-state index contributed by atoms with van der Waals surface area (Å²) in [4.78, 5) is 19.7. The molecule has 0 aromatic carbocycles. The molecule has 1 heterocycles. The zero-order valence-electron chi connectivity index (χ0n) is 30.9. The summed E-state index contributed by atoms with van der Waals surface area (Å²) >= 11 is 0. The molecule has 0 saturated heterocycles. The van der Waals surface area contributed by atoms with Crippen LogP contribution in [0.15, 0.2) is 17.1 Å². The van der Waals surface area contributed by atoms with E-state index in [1.165, 1.54) is 173 Å². The first-order chi connectivity index (χ1) is 22.1. The van der Waals surface area contributed by atoms with Crippen LogP contribution < -0.4 is 5.32 Å². The van der Waals surface area contributed by atoms with Gasteiger partial charge in [-0.2, -0.15) is 0 Å². The molecule has 0 aromatic heterocycles. The van der Waals surface area contributed by atoms with E-state index in [1.807, 2.05) is 6.34 Å². The van der Waals surface area contributed by atoms with Crippen LogP contribution in [0.5, 0.6) is 0 Å². The van der Waals surface area contributed by atoms with Gasteiger partial charge in [-0.25, -0.2) is 0 Å². The molecular weight excluding hydrogens is 550 g/mol. The van der Waals surface area contributed by atoms with Crippen LogP contribution >= 0.6 is 0 Å². The van der Waals surface area contributed by atoms with E-state index < -0.39 is 0 Å². The number of carbonyl (C=O) groups is 1. The summed E-state index contributed by atoms with van der Waals surface area (Å²) in [7, 11) is 0. The second-order valence-electron chi connectivity index (χ2n) is 14.4. The average Bonchev–Trinajstić information content (AvgIpc) is 3.59. The standard InChI is InChI=1S/C41H79N3O/c1-4-6-8-10-12-14-16-18-20-22-24-26-28-30-32-34-36-41(3,44-38-37-42-39-44)43-40(45)35-33-31-29-27-25-23-21-19-17-15-13-11-9-7-5-2/h19,21,39H,4-18,20,22-38H2,1-3H3,(H,43,45)/b21-19-. The molecule has 1 aliphatic heterocycles. The minimum absolute atomic E-state index is 0.215. The van der Waals surface area contributed by atoms with Crippen molar-refractivity contribution in [2.24, 2.45) is 4.99 Å². The highest BCUT2D eigenvalue weighted by Crippen LogP contribution is 2.22. The Morgan fingerprint density at radius 3 is 1.44 bits per heavy atom. The Kier molecular flexibility index (Phi) is 29.0. The van der Waals surface area contributed by atoms with Crippen molar-refractivity contribution in [3.63, 3.8) is 0 Å². The molecule has 4 heteroatoms. The Morgan fingerprint density at radius 1 is 0.622 bits per heavy atom. The maximum Gasteiger partial charge on any atom is 0.221 e. The van der Waals surface area contributed by atoms with Crippen molar-refractivity contribution < 1.29 is 4.79 Å². The van der Waals surface area contributed by atoms with E-state index in [4.69, 9.17) is 0 Å². The number of unbranched alkanes of at least 4 members (excludes halogenated alkanes) is 26. The van der Waals surface area contributed by atoms with Crippen LogP contribution in [-0.2, 0) is 4.79 Å². The molecule has 0 bridgehead atoms. The predicted octanol–water partition coefficient (Wildman–Crippen LogP) is 12.9. The van der Waals surface area contributed by atoms with Crippen LogP contribution in [-0.4, -0.2) is 35.9 Å². The third kappa shape index (κ3) is 25.5. The van der Waals surface area contributed by atoms with Crippen molar-refractivity contribution in [3.8, 4) is 0 Å². The zero-order valence-corrected chi connectivity index (χ0v) is 30.9. The highest BCUT2D eigenvalue weighted by atomic mass is 16.1. The Labute approximate surface area is 282 Å². The summed E-state index contributed by atoms with van der Waals surface area (Å²) in [6, 6.07) is 0. The first-order valence-corrected chi connectivity index (χ1v) is 20.3. The Bertz CT molecular complexity index is 705. The highest BCUT2D eigenvalue weighted by molar-refractivity contribution is 5.77. The van der Waals surface area contributed by atoms with Gasteiger partial charge < -0.3 is 10.2 Å². The van der Waals surface area contributed by atoms with E-state index in [0.717, 1.165) is 32.4 Å². The minimum Gasteiger partial charge on any atom is -0.338 e. The van der Waals surface area contributed by atoms with Crippen molar-refractivity contribution in [1.29, 1.82) is 0 Å². The number of aliphatic imine (C=N–C) groups is 1. The average molecular weight is 630 g/mol. The lowest BCUT2D eigenvalue weighted by Gasteiger charge is -2.39. The van der Waals surface area contributed by atoms with Gasteiger partial charge in [0.25, 0.3) is 0 Å². The van der Waals surface area contributed by atoms with Crippen LogP contribution in [0.1, 0.15) is 220 Å². The third-order valence-corrected chi connectivity index (χ3v) is 9.92. The highest BCUT2D eigenvalue weighted by Gasteiger charge is 2.32. The van der Waals surface area contributed by atoms with Crippen molar-refractivity contribution >= 4 is 12.2 Å². The smallest absolute Gasteiger partial charge is 0.221 e. The number of nitrogens with one attached hydrogen (secondary N) is 1. The lowest BCUT2D eigenvalue weighted by molar-refractivity contribution is -0.124. The first-order valence-electron chi connectivity index (χ1n) is 20.3. The molecule has 0 aliphatic carbocycles. The summed E-state index contributed by atoms with van der Waals surface area (Å²) in [6.45, 7) is 8.56. The van der Waals surface area contributed by atoms with Crippen molar-refractivity contribution in [1.82, 2.24) is 10.2 Å². The lowest BCUT2D eigenvalue weighted by Crippen LogP contribution is -2.57. The zero-order chi connectivity index (χ0) is 32.5. The topological polar surface area (TPSA) is 44.7 Å². The number of carbonyl (C=O) groups excluding carboxylic acids is 1. The SMILES string of the molecule is CCCCCCCC/C=C\CCCCCCCC(=O)NC(C)(CCCCCCCCCCCCCCCCCC)N1C=NCC1. The normalized spacial score (nSPS) is 14.5. The Hall–Kier alpha value is -1.32. The molecule has 0 fully saturated rings. The molecule has 0 saturated carbocycles. The molecule has 1 amide bonds. The van der Waals surface area contributed by atoms with E-state index >= 15 is 0 Å². The molecule has 0 aromatic rings. The van der Waals surface area contributed by atoms with Gasteiger partial charge in [-0.15, -0.1) is 0 Å². The summed E-state index contributed by atoms with van der Waals surface area (Å²) in [5, 5.41) is 3.42. The van der Waals surface area contributed by atoms with Gasteiger partial charge in [-0.1, -0.05) is 174 Å². The molecular formula is C41H79N3O. The molecule has 1 rings (SSSR count). The summed E-state index contributed by atoms with van der Waals surface area (Å²) in [6.07, 6.45) is 47.4. The number of hydrogen-bond donors (Lipinski definition) is 1. The number of allylic oxidation sites excluding steroid dienone is 2. The van der Waals surface area contributed by atoms with Gasteiger partial charge in [0.15, 0.2) is 0 Å². The molecule has 1 N–H and O–H groups in total. The number of rotatable bonds is 34. The third-order valence-electron chi connectivity index (χ3n) is 9.92. The van der Waals surface area contributed by atoms with Gasteiger partial charge in [0.1, 0.15) is 5.66 Å². The predicted molar refractivity (Wildman–Crippen MR) is 200 cm³/mol. The monoisotopic (exact) mass is 630 g/mol. The Balaban J connectivity index is 2.05. The fraction of sp³-hybridized carbons (Fsp3) is 0.902. The molecule has 4 nitrogen and oxygen atoms in total. The van der Waals surface area contributed by atoms with Crippen LogP contribution in [0.3, 0.4) is 0 Å². The fourth-order valence-electron chi connectivity index (χ4n) is 6.77. The maximum absolute atomic E-state index is 12.9. The van der Waals surface area contributed by atoms with Crippen LogP contribution in [0.2, 0.25) is 0 Å². The van der Waals surface area contributed by atoms with Crippen molar-refractivity contribution in [2.45, 2.75) is 225 Å². The van der Waals surface area contributed by atoms with Crippen molar-refractivity contribution in [3.05, 3.63) is 12.2 Å².